The van der Waals surface area contributed by atoms with E-state index in [2.05, 4.69) is 50.3 Å². The lowest BCUT2D eigenvalue weighted by atomic mass is 10.0. The van der Waals surface area contributed by atoms with Gasteiger partial charge in [0.1, 0.15) is 6.61 Å². The van der Waals surface area contributed by atoms with Crippen molar-refractivity contribution in [3.8, 4) is 0 Å². The molecule has 0 amide bonds. The molecular weight excluding hydrogens is 620 g/mol. The normalized spacial score (nSPS) is 12.5. The summed E-state index contributed by atoms with van der Waals surface area (Å²) in [5.74, 6) is -0.603. The maximum absolute atomic E-state index is 12.2. The summed E-state index contributed by atoms with van der Waals surface area (Å²) in [5, 5.41) is 9.57. The fourth-order valence-electron chi connectivity index (χ4n) is 6.22. The summed E-state index contributed by atoms with van der Waals surface area (Å²) in [6.07, 6.45) is 50.8. The molecule has 0 saturated heterocycles. The van der Waals surface area contributed by atoms with Gasteiger partial charge in [0.15, 0.2) is 6.10 Å². The number of hydrogen-bond donors (Lipinski definition) is 1. The first-order valence-electron chi connectivity index (χ1n) is 21.5. The highest BCUT2D eigenvalue weighted by Crippen LogP contribution is 2.16. The van der Waals surface area contributed by atoms with E-state index in [1.165, 1.54) is 128 Å². The molecule has 0 bridgehead atoms. The highest BCUT2D eigenvalue weighted by molar-refractivity contribution is 5.70. The summed E-state index contributed by atoms with van der Waals surface area (Å²) in [4.78, 5) is 24.3. The predicted octanol–water partition coefficient (Wildman–Crippen LogP) is 13.6. The topological polar surface area (TPSA) is 72.8 Å². The summed E-state index contributed by atoms with van der Waals surface area (Å²) in [6.45, 7) is 4.03. The van der Waals surface area contributed by atoms with Crippen LogP contribution in [0.15, 0.2) is 36.5 Å². The smallest absolute Gasteiger partial charge is 0.306 e. The van der Waals surface area contributed by atoms with Gasteiger partial charge in [-0.05, 0) is 44.9 Å². The van der Waals surface area contributed by atoms with Gasteiger partial charge in [-0.2, -0.15) is 0 Å². The molecule has 5 nitrogen and oxygen atoms in total. The van der Waals surface area contributed by atoms with Gasteiger partial charge < -0.3 is 14.6 Å². The van der Waals surface area contributed by atoms with E-state index in [1.807, 2.05) is 0 Å². The summed E-state index contributed by atoms with van der Waals surface area (Å²) in [7, 11) is 0. The van der Waals surface area contributed by atoms with Crippen molar-refractivity contribution in [2.75, 3.05) is 13.2 Å². The van der Waals surface area contributed by atoms with Crippen LogP contribution in [0.2, 0.25) is 0 Å². The van der Waals surface area contributed by atoms with Crippen molar-refractivity contribution in [2.24, 2.45) is 0 Å². The third-order valence-electron chi connectivity index (χ3n) is 9.45. The van der Waals surface area contributed by atoms with Crippen LogP contribution in [0.25, 0.3) is 0 Å². The van der Waals surface area contributed by atoms with Crippen LogP contribution in [0.1, 0.15) is 219 Å². The summed E-state index contributed by atoms with van der Waals surface area (Å²) >= 11 is 0. The number of allylic oxidation sites excluding steroid dienone is 6. The molecule has 0 saturated carbocycles. The number of rotatable bonds is 39. The number of ether oxygens (including phenoxy) is 2. The van der Waals surface area contributed by atoms with Crippen molar-refractivity contribution in [2.45, 2.75) is 225 Å². The molecule has 0 aliphatic rings. The Bertz CT molecular complexity index is 801. The molecule has 1 atom stereocenters. The zero-order valence-corrected chi connectivity index (χ0v) is 33.2. The van der Waals surface area contributed by atoms with Crippen LogP contribution >= 0.6 is 0 Å². The Morgan fingerprint density at radius 2 is 0.860 bits per heavy atom. The largest absolute Gasteiger partial charge is 0.462 e. The van der Waals surface area contributed by atoms with Crippen molar-refractivity contribution < 1.29 is 24.2 Å². The lowest BCUT2D eigenvalue weighted by Gasteiger charge is -2.15. The van der Waals surface area contributed by atoms with E-state index in [0.717, 1.165) is 64.2 Å². The summed E-state index contributed by atoms with van der Waals surface area (Å²) < 4.78 is 10.6. The van der Waals surface area contributed by atoms with Gasteiger partial charge in [0.25, 0.3) is 0 Å². The molecule has 0 aromatic heterocycles. The maximum atomic E-state index is 12.2. The molecule has 0 aromatic carbocycles. The van der Waals surface area contributed by atoms with Crippen LogP contribution in [-0.4, -0.2) is 36.4 Å². The number of esters is 2. The second-order valence-electron chi connectivity index (χ2n) is 14.4. The molecule has 0 aliphatic carbocycles. The van der Waals surface area contributed by atoms with Gasteiger partial charge in [-0.1, -0.05) is 198 Å². The molecule has 0 rings (SSSR count). The zero-order chi connectivity index (χ0) is 36.4. The van der Waals surface area contributed by atoms with Gasteiger partial charge in [0.2, 0.25) is 0 Å². The first-order chi connectivity index (χ1) is 24.6. The highest BCUT2D eigenvalue weighted by atomic mass is 16.6. The van der Waals surface area contributed by atoms with Crippen LogP contribution < -0.4 is 0 Å². The van der Waals surface area contributed by atoms with Crippen LogP contribution in [0.5, 0.6) is 0 Å². The quantitative estimate of drug-likeness (QED) is 0.0392. The van der Waals surface area contributed by atoms with E-state index in [1.54, 1.807) is 0 Å². The molecule has 0 heterocycles. The number of unbranched alkanes of at least 4 members (excludes halogenated alkanes) is 25. The van der Waals surface area contributed by atoms with Crippen LogP contribution in [0.3, 0.4) is 0 Å². The van der Waals surface area contributed by atoms with Gasteiger partial charge in [-0.25, -0.2) is 0 Å². The molecule has 0 aliphatic heterocycles. The van der Waals surface area contributed by atoms with E-state index < -0.39 is 6.10 Å². The molecule has 1 N–H and O–H groups in total. The molecule has 0 radical (unpaired) electrons. The average Bonchev–Trinajstić information content (AvgIpc) is 3.12. The minimum atomic E-state index is -0.775. The Morgan fingerprint density at radius 1 is 0.480 bits per heavy atom. The van der Waals surface area contributed by atoms with E-state index in [9.17, 15) is 14.7 Å². The molecular formula is C45H82O5. The summed E-state index contributed by atoms with van der Waals surface area (Å²) in [5.41, 5.74) is 0. The maximum Gasteiger partial charge on any atom is 0.306 e. The fraction of sp³-hybridized carbons (Fsp3) is 0.822. The number of aliphatic hydroxyl groups excluding tert-OH is 1. The van der Waals surface area contributed by atoms with Crippen molar-refractivity contribution in [1.82, 2.24) is 0 Å². The Hall–Kier alpha value is -1.88. The molecule has 5 heteroatoms. The second kappa shape index (κ2) is 41.5. The predicted molar refractivity (Wildman–Crippen MR) is 214 cm³/mol. The zero-order valence-electron chi connectivity index (χ0n) is 33.2. The third kappa shape index (κ3) is 38.9. The van der Waals surface area contributed by atoms with Gasteiger partial charge in [0, 0.05) is 12.8 Å². The minimum absolute atomic E-state index is 0.0721. The lowest BCUT2D eigenvalue weighted by Crippen LogP contribution is -2.28. The van der Waals surface area contributed by atoms with E-state index >= 15 is 0 Å². The number of aliphatic hydroxyl groups is 1. The van der Waals surface area contributed by atoms with Gasteiger partial charge in [-0.15, -0.1) is 0 Å². The van der Waals surface area contributed by atoms with Gasteiger partial charge in [-0.3, -0.25) is 9.59 Å². The van der Waals surface area contributed by atoms with Crippen molar-refractivity contribution in [3.63, 3.8) is 0 Å². The highest BCUT2D eigenvalue weighted by Gasteiger charge is 2.16. The molecule has 50 heavy (non-hydrogen) atoms. The SMILES string of the molecule is CCC=CCC=CCC=CCCCCCCCC(=O)OC[C@H](CO)OC(=O)CCCCCCCCCCCCCCCCCCCCCCC. The standard InChI is InChI=1S/C45H82O5/c1-3-5-7-9-11-13-15-17-19-20-21-22-23-24-26-28-30-32-34-36-38-40-45(48)50-43(41-46)42-49-44(47)39-37-35-33-31-29-27-25-18-16-14-12-10-8-6-4-2/h6,8,12,14,18,25,43,46H,3-5,7,9-11,13,15-17,19-24,26-42H2,1-2H3/t43-/m0/s1. The van der Waals surface area contributed by atoms with Crippen LogP contribution in [0.4, 0.5) is 0 Å². The Balaban J connectivity index is 3.51. The minimum Gasteiger partial charge on any atom is -0.462 e. The first kappa shape index (κ1) is 48.1. The molecule has 0 aromatic rings. The third-order valence-corrected chi connectivity index (χ3v) is 9.45. The summed E-state index contributed by atoms with van der Waals surface area (Å²) in [6, 6.07) is 0. The average molecular weight is 703 g/mol. The second-order valence-corrected chi connectivity index (χ2v) is 14.4. The number of carbonyl (C=O) groups excluding carboxylic acids is 2. The Morgan fingerprint density at radius 3 is 1.30 bits per heavy atom. The van der Waals surface area contributed by atoms with Crippen molar-refractivity contribution >= 4 is 11.9 Å². The van der Waals surface area contributed by atoms with Crippen LogP contribution in [-0.2, 0) is 19.1 Å². The molecule has 0 fully saturated rings. The monoisotopic (exact) mass is 703 g/mol. The van der Waals surface area contributed by atoms with E-state index in [0.29, 0.717) is 12.8 Å². The fourth-order valence-corrected chi connectivity index (χ4v) is 6.22. The van der Waals surface area contributed by atoms with Crippen molar-refractivity contribution in [1.29, 1.82) is 0 Å². The Kier molecular flexibility index (Phi) is 40.0. The van der Waals surface area contributed by atoms with E-state index in [-0.39, 0.29) is 25.2 Å². The first-order valence-corrected chi connectivity index (χ1v) is 21.5. The number of hydrogen-bond acceptors (Lipinski definition) is 5. The molecule has 0 spiro atoms. The molecule has 292 valence electrons. The van der Waals surface area contributed by atoms with Gasteiger partial charge >= 0.3 is 11.9 Å². The van der Waals surface area contributed by atoms with E-state index in [4.69, 9.17) is 9.47 Å². The molecule has 0 unspecified atom stereocenters. The Labute approximate surface area is 310 Å². The van der Waals surface area contributed by atoms with Crippen molar-refractivity contribution in [3.05, 3.63) is 36.5 Å². The van der Waals surface area contributed by atoms with Crippen LogP contribution in [0, 0.1) is 0 Å². The van der Waals surface area contributed by atoms with Gasteiger partial charge in [0.05, 0.1) is 6.61 Å². The lowest BCUT2D eigenvalue weighted by molar-refractivity contribution is -0.161. The number of carbonyl (C=O) groups is 2.